The Labute approximate surface area is 103 Å². The second-order valence-corrected chi connectivity index (χ2v) is 4.93. The standard InChI is InChI=1S/C10H15N3O3S/c1-7-8(6-13-2-4-16-5-3-13)17-9(11-7)12-10(14)15/h2-6H2,1H3,(H,11,12)(H,14,15). The van der Waals surface area contributed by atoms with Gasteiger partial charge in [0.25, 0.3) is 0 Å². The molecular formula is C10H15N3O3S. The van der Waals surface area contributed by atoms with Crippen LogP contribution >= 0.6 is 11.3 Å². The van der Waals surface area contributed by atoms with Gasteiger partial charge in [0.2, 0.25) is 0 Å². The van der Waals surface area contributed by atoms with Gasteiger partial charge >= 0.3 is 6.09 Å². The lowest BCUT2D eigenvalue weighted by Gasteiger charge is -2.25. The highest BCUT2D eigenvalue weighted by atomic mass is 32.1. The molecule has 1 aliphatic heterocycles. The maximum atomic E-state index is 10.5. The Morgan fingerprint density at radius 1 is 1.59 bits per heavy atom. The smallest absolute Gasteiger partial charge is 0.410 e. The molecule has 2 heterocycles. The molecular weight excluding hydrogens is 242 g/mol. The Kier molecular flexibility index (Phi) is 3.93. The summed E-state index contributed by atoms with van der Waals surface area (Å²) >= 11 is 1.40. The number of nitrogens with one attached hydrogen (secondary N) is 1. The van der Waals surface area contributed by atoms with E-state index in [1.54, 1.807) is 0 Å². The van der Waals surface area contributed by atoms with Crippen LogP contribution in [0.3, 0.4) is 0 Å². The number of nitrogens with zero attached hydrogens (tertiary/aromatic N) is 2. The Morgan fingerprint density at radius 2 is 2.29 bits per heavy atom. The summed E-state index contributed by atoms with van der Waals surface area (Å²) in [5.74, 6) is 0. The largest absolute Gasteiger partial charge is 0.465 e. The summed E-state index contributed by atoms with van der Waals surface area (Å²) < 4.78 is 5.28. The number of hydrogen-bond donors (Lipinski definition) is 2. The Balaban J connectivity index is 1.99. The average molecular weight is 257 g/mol. The number of carboxylic acid groups (broad SMARTS) is 1. The molecule has 7 heteroatoms. The highest BCUT2D eigenvalue weighted by Gasteiger charge is 2.15. The minimum Gasteiger partial charge on any atom is -0.465 e. The molecule has 1 aromatic rings. The first-order valence-electron chi connectivity index (χ1n) is 5.41. The maximum absolute atomic E-state index is 10.5. The van der Waals surface area contributed by atoms with Crippen LogP contribution in [0.25, 0.3) is 0 Å². The topological polar surface area (TPSA) is 74.7 Å². The van der Waals surface area contributed by atoms with E-state index >= 15 is 0 Å². The van der Waals surface area contributed by atoms with Crippen molar-refractivity contribution in [3.8, 4) is 0 Å². The minimum atomic E-state index is -1.07. The third-order valence-corrected chi connectivity index (χ3v) is 3.64. The number of carbonyl (C=O) groups is 1. The molecule has 1 saturated heterocycles. The van der Waals surface area contributed by atoms with E-state index in [-0.39, 0.29) is 0 Å². The van der Waals surface area contributed by atoms with Crippen LogP contribution in [0.5, 0.6) is 0 Å². The van der Waals surface area contributed by atoms with Crippen molar-refractivity contribution >= 4 is 22.6 Å². The van der Waals surface area contributed by atoms with E-state index in [1.807, 2.05) is 6.92 Å². The van der Waals surface area contributed by atoms with E-state index in [0.717, 1.165) is 43.4 Å². The molecule has 6 nitrogen and oxygen atoms in total. The second kappa shape index (κ2) is 5.44. The first-order chi connectivity index (χ1) is 8.15. The van der Waals surface area contributed by atoms with Gasteiger partial charge in [-0.2, -0.15) is 0 Å². The van der Waals surface area contributed by atoms with Crippen molar-refractivity contribution in [1.82, 2.24) is 9.88 Å². The van der Waals surface area contributed by atoms with Crippen molar-refractivity contribution < 1.29 is 14.6 Å². The third-order valence-electron chi connectivity index (χ3n) is 2.58. The van der Waals surface area contributed by atoms with Crippen molar-refractivity contribution in [3.05, 3.63) is 10.6 Å². The number of rotatable bonds is 3. The SMILES string of the molecule is Cc1nc(NC(=O)O)sc1CN1CCOCC1. The Hall–Kier alpha value is -1.18. The van der Waals surface area contributed by atoms with Gasteiger partial charge < -0.3 is 9.84 Å². The predicted molar refractivity (Wildman–Crippen MR) is 64.6 cm³/mol. The van der Waals surface area contributed by atoms with Crippen LogP contribution in [0.1, 0.15) is 10.6 Å². The number of ether oxygens (including phenoxy) is 1. The summed E-state index contributed by atoms with van der Waals surface area (Å²) in [5.41, 5.74) is 0.894. The molecule has 0 radical (unpaired) electrons. The van der Waals surface area contributed by atoms with Gasteiger partial charge in [-0.15, -0.1) is 0 Å². The first-order valence-corrected chi connectivity index (χ1v) is 6.23. The molecule has 1 fully saturated rings. The quantitative estimate of drug-likeness (QED) is 0.855. The van der Waals surface area contributed by atoms with Gasteiger partial charge in [-0.1, -0.05) is 11.3 Å². The maximum Gasteiger partial charge on any atom is 0.410 e. The Bertz CT molecular complexity index is 402. The molecule has 0 saturated carbocycles. The van der Waals surface area contributed by atoms with Crippen LogP contribution in [-0.4, -0.2) is 47.4 Å². The molecule has 0 aromatic carbocycles. The fourth-order valence-electron chi connectivity index (χ4n) is 1.68. The van der Waals surface area contributed by atoms with Gasteiger partial charge in [0.15, 0.2) is 5.13 Å². The van der Waals surface area contributed by atoms with Gasteiger partial charge in [0.05, 0.1) is 18.9 Å². The molecule has 1 aliphatic rings. The summed E-state index contributed by atoms with van der Waals surface area (Å²) in [4.78, 5) is 18.1. The van der Waals surface area contributed by atoms with Gasteiger partial charge in [-0.05, 0) is 6.92 Å². The number of morpholine rings is 1. The number of anilines is 1. The molecule has 0 atom stereocenters. The summed E-state index contributed by atoms with van der Waals surface area (Å²) in [6.07, 6.45) is -1.07. The van der Waals surface area contributed by atoms with E-state index in [2.05, 4.69) is 15.2 Å². The van der Waals surface area contributed by atoms with Crippen LogP contribution in [0, 0.1) is 6.92 Å². The summed E-state index contributed by atoms with van der Waals surface area (Å²) in [6, 6.07) is 0. The van der Waals surface area contributed by atoms with Gasteiger partial charge in [-0.3, -0.25) is 10.2 Å². The van der Waals surface area contributed by atoms with Gasteiger partial charge in [0, 0.05) is 24.5 Å². The number of thiazole rings is 1. The minimum absolute atomic E-state index is 0.443. The molecule has 0 aliphatic carbocycles. The second-order valence-electron chi connectivity index (χ2n) is 3.85. The first kappa shape index (κ1) is 12.3. The number of amides is 1. The van der Waals surface area contributed by atoms with Crippen molar-refractivity contribution in [2.75, 3.05) is 31.6 Å². The Morgan fingerprint density at radius 3 is 2.94 bits per heavy atom. The normalized spacial score (nSPS) is 17.0. The van der Waals surface area contributed by atoms with Crippen LogP contribution in [-0.2, 0) is 11.3 Å². The van der Waals surface area contributed by atoms with Crippen molar-refractivity contribution in [2.24, 2.45) is 0 Å². The molecule has 2 rings (SSSR count). The van der Waals surface area contributed by atoms with Crippen LogP contribution < -0.4 is 5.32 Å². The summed E-state index contributed by atoms with van der Waals surface area (Å²) in [6.45, 7) is 6.07. The zero-order valence-corrected chi connectivity index (χ0v) is 10.4. The number of hydrogen-bond acceptors (Lipinski definition) is 5. The van der Waals surface area contributed by atoms with E-state index in [9.17, 15) is 4.79 Å². The third kappa shape index (κ3) is 3.39. The van der Waals surface area contributed by atoms with E-state index in [0.29, 0.717) is 5.13 Å². The molecule has 0 unspecified atom stereocenters. The van der Waals surface area contributed by atoms with E-state index in [4.69, 9.17) is 9.84 Å². The lowest BCUT2D eigenvalue weighted by molar-refractivity contribution is 0.0345. The van der Waals surface area contributed by atoms with Gasteiger partial charge in [0.1, 0.15) is 0 Å². The van der Waals surface area contributed by atoms with Crippen molar-refractivity contribution in [1.29, 1.82) is 0 Å². The van der Waals surface area contributed by atoms with Crippen LogP contribution in [0.4, 0.5) is 9.93 Å². The zero-order chi connectivity index (χ0) is 12.3. The lowest BCUT2D eigenvalue weighted by Crippen LogP contribution is -2.35. The van der Waals surface area contributed by atoms with E-state index in [1.165, 1.54) is 11.3 Å². The predicted octanol–water partition coefficient (Wildman–Crippen LogP) is 1.37. The molecule has 2 N–H and O–H groups in total. The zero-order valence-electron chi connectivity index (χ0n) is 9.60. The summed E-state index contributed by atoms with van der Waals surface area (Å²) in [5, 5.41) is 11.3. The average Bonchev–Trinajstić information content (AvgIpc) is 2.59. The number of aromatic nitrogens is 1. The van der Waals surface area contributed by atoms with Crippen molar-refractivity contribution in [3.63, 3.8) is 0 Å². The molecule has 1 aromatic heterocycles. The van der Waals surface area contributed by atoms with Gasteiger partial charge in [-0.25, -0.2) is 9.78 Å². The fraction of sp³-hybridized carbons (Fsp3) is 0.600. The highest BCUT2D eigenvalue weighted by molar-refractivity contribution is 7.15. The number of aryl methyl sites for hydroxylation is 1. The fourth-order valence-corrected chi connectivity index (χ4v) is 2.68. The molecule has 0 bridgehead atoms. The highest BCUT2D eigenvalue weighted by Crippen LogP contribution is 2.24. The van der Waals surface area contributed by atoms with Crippen LogP contribution in [0.15, 0.2) is 0 Å². The van der Waals surface area contributed by atoms with Crippen LogP contribution in [0.2, 0.25) is 0 Å². The molecule has 94 valence electrons. The molecule has 1 amide bonds. The van der Waals surface area contributed by atoms with Crippen molar-refractivity contribution in [2.45, 2.75) is 13.5 Å². The molecule has 0 spiro atoms. The summed E-state index contributed by atoms with van der Waals surface area (Å²) in [7, 11) is 0. The lowest BCUT2D eigenvalue weighted by atomic mass is 10.3. The van der Waals surface area contributed by atoms with E-state index < -0.39 is 6.09 Å². The monoisotopic (exact) mass is 257 g/mol. The molecule has 17 heavy (non-hydrogen) atoms.